The van der Waals surface area contributed by atoms with Crippen molar-refractivity contribution in [3.05, 3.63) is 139 Å². The van der Waals surface area contributed by atoms with Gasteiger partial charge in [0, 0.05) is 48.1 Å². The van der Waals surface area contributed by atoms with Gasteiger partial charge in [0.25, 0.3) is 11.1 Å². The summed E-state index contributed by atoms with van der Waals surface area (Å²) in [6.07, 6.45) is 0. The molecule has 1 saturated heterocycles. The summed E-state index contributed by atoms with van der Waals surface area (Å²) in [7, 11) is 0. The topological polar surface area (TPSA) is 107 Å². The third-order valence-corrected chi connectivity index (χ3v) is 10.8. The highest BCUT2D eigenvalue weighted by atomic mass is 32.1. The van der Waals surface area contributed by atoms with E-state index in [1.165, 1.54) is 52.5 Å². The molecule has 0 aliphatic carbocycles. The lowest BCUT2D eigenvalue weighted by Gasteiger charge is -2.28. The normalized spacial score (nSPS) is 13.9. The van der Waals surface area contributed by atoms with Gasteiger partial charge in [-0.25, -0.2) is 18.7 Å². The van der Waals surface area contributed by atoms with Crippen LogP contribution in [0.25, 0.3) is 42.7 Å². The molecule has 0 amide bonds. The monoisotopic (exact) mass is 722 g/mol. The number of hydrogen-bond donors (Lipinski definition) is 2. The van der Waals surface area contributed by atoms with Crippen molar-refractivity contribution in [1.82, 2.24) is 29.7 Å². The largest absolute Gasteiger partial charge is 0.379 e. The number of thiophene rings is 2. The molecule has 0 unspecified atom stereocenters. The highest BCUT2D eigenvalue weighted by Gasteiger charge is 2.20. The Morgan fingerprint density at radius 1 is 0.686 bits per heavy atom. The van der Waals surface area contributed by atoms with Gasteiger partial charge in [-0.1, -0.05) is 48.5 Å². The zero-order chi connectivity index (χ0) is 34.9. The second kappa shape index (κ2) is 14.4. The van der Waals surface area contributed by atoms with E-state index in [1.807, 2.05) is 22.9 Å². The van der Waals surface area contributed by atoms with Crippen LogP contribution in [0.4, 0.5) is 8.78 Å². The molecule has 7 aromatic rings. The van der Waals surface area contributed by atoms with Crippen molar-refractivity contribution in [1.29, 1.82) is 0 Å². The van der Waals surface area contributed by atoms with E-state index in [0.29, 0.717) is 63.0 Å². The van der Waals surface area contributed by atoms with Gasteiger partial charge < -0.3 is 14.7 Å². The zero-order valence-electron chi connectivity index (χ0n) is 27.3. The van der Waals surface area contributed by atoms with Crippen molar-refractivity contribution >= 4 is 43.1 Å². The minimum Gasteiger partial charge on any atom is -0.379 e. The Morgan fingerprint density at radius 3 is 1.69 bits per heavy atom. The molecule has 2 N–H and O–H groups in total. The molecule has 8 rings (SSSR count). The van der Waals surface area contributed by atoms with E-state index in [0.717, 1.165) is 36.3 Å². The predicted octanol–water partition coefficient (Wildman–Crippen LogP) is 6.93. The number of H-pyrrole nitrogens is 2. The predicted molar refractivity (Wildman–Crippen MR) is 197 cm³/mol. The maximum absolute atomic E-state index is 13.6. The Kier molecular flexibility index (Phi) is 9.36. The van der Waals surface area contributed by atoms with Crippen molar-refractivity contribution in [2.45, 2.75) is 26.2 Å². The van der Waals surface area contributed by atoms with Gasteiger partial charge in [0.15, 0.2) is 0 Å². The SMILES string of the molecule is O=c1[nH]c(CN(Cc2nc3scc(-c4ccc(F)cc4)c3c(=O)[nH]2)Cc2ccccc2CN2CCOCC2)nc2scc(-c3ccc(F)cc3)c12. The number of nitrogens with zero attached hydrogens (tertiary/aromatic N) is 4. The molecule has 0 spiro atoms. The smallest absolute Gasteiger partial charge is 0.260 e. The summed E-state index contributed by atoms with van der Waals surface area (Å²) in [5.41, 5.74) is 4.63. The van der Waals surface area contributed by atoms with Gasteiger partial charge in [-0.2, -0.15) is 0 Å². The summed E-state index contributed by atoms with van der Waals surface area (Å²) < 4.78 is 32.8. The number of nitrogens with one attached hydrogen (secondary N) is 2. The quantitative estimate of drug-likeness (QED) is 0.158. The molecule has 3 aromatic carbocycles. The van der Waals surface area contributed by atoms with Gasteiger partial charge in [-0.05, 0) is 46.5 Å². The molecule has 51 heavy (non-hydrogen) atoms. The molecular weight excluding hydrogens is 691 g/mol. The molecule has 9 nitrogen and oxygen atoms in total. The Labute approximate surface area is 298 Å². The number of morpholine rings is 1. The minimum atomic E-state index is -0.346. The van der Waals surface area contributed by atoms with Crippen LogP contribution in [0.1, 0.15) is 22.8 Å². The second-order valence-corrected chi connectivity index (χ2v) is 14.2. The zero-order valence-corrected chi connectivity index (χ0v) is 29.0. The highest BCUT2D eigenvalue weighted by molar-refractivity contribution is 7.17. The average Bonchev–Trinajstić information content (AvgIpc) is 3.76. The fourth-order valence-corrected chi connectivity index (χ4v) is 8.45. The standard InChI is InChI=1S/C38H32F2N6O3S2/c39-27-9-5-23(6-10-27)29-21-50-37-33(29)35(47)41-31(43-37)19-46(18-26-4-2-1-3-25(26)17-45-13-15-49-16-14-45)20-32-42-36(48)34-30(22-51-38(34)44-32)24-7-11-28(40)12-8-24/h1-12,21-22H,13-20H2,(H,41,43,47)(H,42,44,48). The number of benzene rings is 3. The first kappa shape index (κ1) is 33.2. The lowest BCUT2D eigenvalue weighted by atomic mass is 10.1. The number of fused-ring (bicyclic) bond motifs is 2. The Morgan fingerprint density at radius 2 is 1.18 bits per heavy atom. The number of aromatic nitrogens is 4. The Hall–Kier alpha value is -4.92. The second-order valence-electron chi connectivity index (χ2n) is 12.5. The van der Waals surface area contributed by atoms with Crippen LogP contribution in [-0.4, -0.2) is 56.0 Å². The van der Waals surface area contributed by atoms with Crippen LogP contribution < -0.4 is 11.1 Å². The first-order chi connectivity index (χ1) is 24.9. The molecule has 4 aromatic heterocycles. The summed E-state index contributed by atoms with van der Waals surface area (Å²) in [4.78, 5) is 48.4. The van der Waals surface area contributed by atoms with Crippen LogP contribution in [0.15, 0.2) is 93.1 Å². The van der Waals surface area contributed by atoms with E-state index in [1.54, 1.807) is 24.3 Å². The molecule has 5 heterocycles. The molecule has 1 fully saturated rings. The number of ether oxygens (including phenoxy) is 1. The molecule has 1 aliphatic heterocycles. The van der Waals surface area contributed by atoms with E-state index in [4.69, 9.17) is 14.7 Å². The molecule has 0 bridgehead atoms. The number of aromatic amines is 2. The van der Waals surface area contributed by atoms with E-state index < -0.39 is 0 Å². The van der Waals surface area contributed by atoms with Crippen molar-refractivity contribution in [2.24, 2.45) is 0 Å². The van der Waals surface area contributed by atoms with Gasteiger partial charge in [0.05, 0.1) is 37.1 Å². The summed E-state index contributed by atoms with van der Waals surface area (Å²) in [6, 6.07) is 20.4. The van der Waals surface area contributed by atoms with Crippen LogP contribution in [-0.2, 0) is 30.9 Å². The van der Waals surface area contributed by atoms with E-state index in [9.17, 15) is 18.4 Å². The fraction of sp³-hybridized carbons (Fsp3) is 0.211. The Bertz CT molecular complexity index is 2310. The minimum absolute atomic E-state index is 0.272. The molecule has 13 heteroatoms. The van der Waals surface area contributed by atoms with Crippen LogP contribution in [0.3, 0.4) is 0 Å². The molecule has 1 aliphatic rings. The van der Waals surface area contributed by atoms with Gasteiger partial charge in [-0.3, -0.25) is 19.4 Å². The van der Waals surface area contributed by atoms with E-state index in [-0.39, 0.29) is 35.8 Å². The van der Waals surface area contributed by atoms with E-state index in [2.05, 4.69) is 31.9 Å². The summed E-state index contributed by atoms with van der Waals surface area (Å²) in [6.45, 7) is 4.94. The maximum atomic E-state index is 13.6. The molecule has 0 atom stereocenters. The van der Waals surface area contributed by atoms with Gasteiger partial charge in [-0.15, -0.1) is 22.7 Å². The molecule has 0 radical (unpaired) electrons. The molecular formula is C38H32F2N6O3S2. The van der Waals surface area contributed by atoms with Gasteiger partial charge >= 0.3 is 0 Å². The van der Waals surface area contributed by atoms with Crippen molar-refractivity contribution in [3.8, 4) is 22.3 Å². The first-order valence-electron chi connectivity index (χ1n) is 16.5. The summed E-state index contributed by atoms with van der Waals surface area (Å²) in [5.74, 6) is 0.260. The third kappa shape index (κ3) is 7.16. The van der Waals surface area contributed by atoms with Crippen LogP contribution in [0, 0.1) is 11.6 Å². The number of halogens is 2. The number of rotatable bonds is 10. The maximum Gasteiger partial charge on any atom is 0.260 e. The van der Waals surface area contributed by atoms with Gasteiger partial charge in [0.2, 0.25) is 0 Å². The van der Waals surface area contributed by atoms with Crippen LogP contribution in [0.2, 0.25) is 0 Å². The van der Waals surface area contributed by atoms with E-state index >= 15 is 0 Å². The third-order valence-electron chi connectivity index (χ3n) is 9.05. The van der Waals surface area contributed by atoms with Crippen molar-refractivity contribution < 1.29 is 13.5 Å². The highest BCUT2D eigenvalue weighted by Crippen LogP contribution is 2.32. The summed E-state index contributed by atoms with van der Waals surface area (Å²) in [5, 5.41) is 4.66. The lowest BCUT2D eigenvalue weighted by molar-refractivity contribution is 0.0339. The lowest BCUT2D eigenvalue weighted by Crippen LogP contribution is -2.36. The van der Waals surface area contributed by atoms with Crippen LogP contribution >= 0.6 is 22.7 Å². The molecule has 258 valence electrons. The van der Waals surface area contributed by atoms with Gasteiger partial charge in [0.1, 0.15) is 32.9 Å². The fourth-order valence-electron chi connectivity index (χ4n) is 6.52. The average molecular weight is 723 g/mol. The summed E-state index contributed by atoms with van der Waals surface area (Å²) >= 11 is 2.73. The van der Waals surface area contributed by atoms with Crippen molar-refractivity contribution in [3.63, 3.8) is 0 Å². The Balaban J connectivity index is 1.13. The molecule has 0 saturated carbocycles. The van der Waals surface area contributed by atoms with Crippen LogP contribution in [0.5, 0.6) is 0 Å². The van der Waals surface area contributed by atoms with Crippen molar-refractivity contribution in [2.75, 3.05) is 26.3 Å². The number of hydrogen-bond acceptors (Lipinski definition) is 9. The first-order valence-corrected chi connectivity index (χ1v) is 18.3.